The summed E-state index contributed by atoms with van der Waals surface area (Å²) in [6.45, 7) is 2.40. The molecule has 9 heteroatoms. The first-order valence-corrected chi connectivity index (χ1v) is 11.2. The average molecular weight is 476 g/mol. The zero-order chi connectivity index (χ0) is 24.6. The lowest BCUT2D eigenvalue weighted by atomic mass is 9.93. The van der Waals surface area contributed by atoms with Crippen LogP contribution in [0.1, 0.15) is 24.8 Å². The first-order chi connectivity index (χ1) is 16.4. The second-order valence-electron chi connectivity index (χ2n) is 7.89. The highest BCUT2D eigenvalue weighted by atomic mass is 19.4. The van der Waals surface area contributed by atoms with Crippen LogP contribution in [0.3, 0.4) is 0 Å². The largest absolute Gasteiger partial charge is 0.418 e. The lowest BCUT2D eigenvalue weighted by Gasteiger charge is -2.34. The van der Waals surface area contributed by atoms with Gasteiger partial charge in [0.1, 0.15) is 11.6 Å². The Bertz CT molecular complexity index is 1070. The Morgan fingerprint density at radius 3 is 2.44 bits per heavy atom. The molecule has 0 atom stereocenters. The van der Waals surface area contributed by atoms with Crippen LogP contribution in [0.5, 0.6) is 0 Å². The number of alkyl halides is 3. The highest BCUT2D eigenvalue weighted by Crippen LogP contribution is 2.39. The number of hydrogen-bond donors (Lipinski definition) is 1. The Kier molecular flexibility index (Phi) is 9.05. The van der Waals surface area contributed by atoms with Crippen molar-refractivity contribution in [3.63, 3.8) is 0 Å². The van der Waals surface area contributed by atoms with Crippen LogP contribution in [0.25, 0.3) is 16.3 Å². The van der Waals surface area contributed by atoms with Crippen LogP contribution in [0.2, 0.25) is 0 Å². The monoisotopic (exact) mass is 476 g/mol. The van der Waals surface area contributed by atoms with Gasteiger partial charge in [-0.3, -0.25) is 4.79 Å². The SMILES string of the molecule is N#C/C(C(=O)CCCOCCOCCO)=C(\c1ccc2cccc(N3CCC3)c2c1)C(F)(F)F. The van der Waals surface area contributed by atoms with Crippen LogP contribution in [-0.4, -0.2) is 63.2 Å². The van der Waals surface area contributed by atoms with Crippen molar-refractivity contribution in [3.05, 3.63) is 47.5 Å². The Morgan fingerprint density at radius 1 is 1.09 bits per heavy atom. The van der Waals surface area contributed by atoms with Crippen molar-refractivity contribution in [2.24, 2.45) is 0 Å². The number of ketones is 1. The van der Waals surface area contributed by atoms with E-state index in [2.05, 4.69) is 4.90 Å². The van der Waals surface area contributed by atoms with Crippen LogP contribution < -0.4 is 4.90 Å². The molecule has 1 aliphatic rings. The number of halogens is 3. The van der Waals surface area contributed by atoms with Crippen LogP contribution >= 0.6 is 0 Å². The maximum absolute atomic E-state index is 14.1. The van der Waals surface area contributed by atoms with E-state index in [4.69, 9.17) is 14.6 Å². The van der Waals surface area contributed by atoms with Gasteiger partial charge in [-0.1, -0.05) is 24.3 Å². The minimum Gasteiger partial charge on any atom is -0.394 e. The molecule has 6 nitrogen and oxygen atoms in total. The second kappa shape index (κ2) is 12.0. The molecule has 0 radical (unpaired) electrons. The Balaban J connectivity index is 1.82. The fourth-order valence-corrected chi connectivity index (χ4v) is 3.80. The topological polar surface area (TPSA) is 82.8 Å². The molecule has 2 aromatic carbocycles. The number of ether oxygens (including phenoxy) is 2. The van der Waals surface area contributed by atoms with Crippen molar-refractivity contribution in [1.29, 1.82) is 5.26 Å². The summed E-state index contributed by atoms with van der Waals surface area (Å²) in [6, 6.07) is 11.4. The molecule has 3 rings (SSSR count). The molecule has 1 heterocycles. The molecule has 0 aliphatic carbocycles. The Morgan fingerprint density at radius 2 is 1.82 bits per heavy atom. The van der Waals surface area contributed by atoms with Gasteiger partial charge >= 0.3 is 6.18 Å². The minimum absolute atomic E-state index is 0.101. The summed E-state index contributed by atoms with van der Waals surface area (Å²) in [6.07, 6.45) is -3.92. The molecule has 0 amide bonds. The van der Waals surface area contributed by atoms with Gasteiger partial charge in [0, 0.05) is 37.2 Å². The molecule has 0 unspecified atom stereocenters. The summed E-state index contributed by atoms with van der Waals surface area (Å²) in [5, 5.41) is 19.6. The Labute approximate surface area is 196 Å². The third-order valence-electron chi connectivity index (χ3n) is 5.57. The molecule has 2 aromatic rings. The molecule has 34 heavy (non-hydrogen) atoms. The van der Waals surface area contributed by atoms with E-state index in [-0.39, 0.29) is 51.4 Å². The number of fused-ring (bicyclic) bond motifs is 1. The molecule has 182 valence electrons. The molecule has 0 aromatic heterocycles. The number of nitriles is 1. The minimum atomic E-state index is -4.87. The molecule has 0 saturated carbocycles. The molecule has 1 aliphatic heterocycles. The molecule has 0 spiro atoms. The van der Waals surface area contributed by atoms with E-state index < -0.39 is 23.1 Å². The first-order valence-electron chi connectivity index (χ1n) is 11.2. The fourth-order valence-electron chi connectivity index (χ4n) is 3.80. The van der Waals surface area contributed by atoms with E-state index in [9.17, 15) is 23.2 Å². The van der Waals surface area contributed by atoms with Crippen molar-refractivity contribution < 1.29 is 32.5 Å². The molecular formula is C25H27F3N2O4. The average Bonchev–Trinajstić information content (AvgIpc) is 2.77. The van der Waals surface area contributed by atoms with Crippen molar-refractivity contribution in [3.8, 4) is 6.07 Å². The standard InChI is InChI=1S/C25H27F3N2O4/c26-25(27,28)24(21(17-29)23(32)6-2-12-33-14-15-34-13-11-31)19-8-7-18-4-1-5-22(20(18)16-19)30-9-3-10-30/h1,4-5,7-8,16,31H,2-3,6,9-15H2/b24-21-. The number of anilines is 1. The number of carbonyl (C=O) groups excluding carboxylic acids is 1. The maximum atomic E-state index is 14.1. The zero-order valence-electron chi connectivity index (χ0n) is 18.7. The molecular weight excluding hydrogens is 449 g/mol. The van der Waals surface area contributed by atoms with Crippen molar-refractivity contribution in [1.82, 2.24) is 0 Å². The number of hydrogen-bond acceptors (Lipinski definition) is 6. The molecule has 1 fully saturated rings. The Hall–Kier alpha value is -2.93. The quantitative estimate of drug-likeness (QED) is 0.280. The number of rotatable bonds is 12. The number of benzene rings is 2. The van der Waals surface area contributed by atoms with E-state index in [1.807, 2.05) is 18.2 Å². The summed E-state index contributed by atoms with van der Waals surface area (Å²) in [4.78, 5) is 14.7. The third kappa shape index (κ3) is 6.35. The normalized spacial score (nSPS) is 14.5. The third-order valence-corrected chi connectivity index (χ3v) is 5.57. The highest BCUT2D eigenvalue weighted by Gasteiger charge is 2.39. The summed E-state index contributed by atoms with van der Waals surface area (Å²) in [7, 11) is 0. The van der Waals surface area contributed by atoms with Gasteiger partial charge in [-0.05, 0) is 35.9 Å². The van der Waals surface area contributed by atoms with E-state index in [0.717, 1.165) is 30.6 Å². The van der Waals surface area contributed by atoms with Gasteiger partial charge in [0.05, 0.1) is 32.0 Å². The zero-order valence-corrected chi connectivity index (χ0v) is 18.7. The van der Waals surface area contributed by atoms with Crippen molar-refractivity contribution in [2.75, 3.05) is 51.0 Å². The van der Waals surface area contributed by atoms with E-state index in [0.29, 0.717) is 5.39 Å². The lowest BCUT2D eigenvalue weighted by molar-refractivity contribution is -0.116. The van der Waals surface area contributed by atoms with Crippen LogP contribution in [0, 0.1) is 11.3 Å². The summed E-state index contributed by atoms with van der Waals surface area (Å²) in [5.41, 5.74) is -1.45. The van der Waals surface area contributed by atoms with Gasteiger partial charge in [-0.2, -0.15) is 18.4 Å². The summed E-state index contributed by atoms with van der Waals surface area (Å²) in [5.74, 6) is -0.869. The summed E-state index contributed by atoms with van der Waals surface area (Å²) >= 11 is 0. The molecule has 1 N–H and O–H groups in total. The number of Topliss-reactive ketones (excluding diaryl/α,β-unsaturated/α-hetero) is 1. The predicted octanol–water partition coefficient (Wildman–Crippen LogP) is 4.26. The number of nitrogens with zero attached hydrogens (tertiary/aromatic N) is 2. The number of allylic oxidation sites excluding steroid dienone is 2. The van der Waals surface area contributed by atoms with E-state index in [1.165, 1.54) is 18.2 Å². The van der Waals surface area contributed by atoms with Gasteiger partial charge in [-0.15, -0.1) is 0 Å². The molecule has 1 saturated heterocycles. The predicted molar refractivity (Wildman–Crippen MR) is 122 cm³/mol. The lowest BCUT2D eigenvalue weighted by Crippen LogP contribution is -2.37. The fraction of sp³-hybridized carbons (Fsp3) is 0.440. The van der Waals surface area contributed by atoms with Gasteiger partial charge < -0.3 is 19.5 Å². The van der Waals surface area contributed by atoms with Crippen LogP contribution in [0.4, 0.5) is 18.9 Å². The maximum Gasteiger partial charge on any atom is 0.418 e. The second-order valence-corrected chi connectivity index (χ2v) is 7.89. The van der Waals surface area contributed by atoms with Crippen LogP contribution in [-0.2, 0) is 14.3 Å². The van der Waals surface area contributed by atoms with Gasteiger partial charge in [0.2, 0.25) is 0 Å². The van der Waals surface area contributed by atoms with E-state index in [1.54, 1.807) is 6.07 Å². The first kappa shape index (κ1) is 25.7. The van der Waals surface area contributed by atoms with E-state index >= 15 is 0 Å². The van der Waals surface area contributed by atoms with Crippen LogP contribution in [0.15, 0.2) is 42.0 Å². The van der Waals surface area contributed by atoms with Gasteiger partial charge in [-0.25, -0.2) is 0 Å². The van der Waals surface area contributed by atoms with Crippen molar-refractivity contribution in [2.45, 2.75) is 25.4 Å². The number of aliphatic hydroxyl groups excluding tert-OH is 1. The smallest absolute Gasteiger partial charge is 0.394 e. The number of aliphatic hydroxyl groups is 1. The van der Waals surface area contributed by atoms with Crippen molar-refractivity contribution >= 4 is 27.8 Å². The van der Waals surface area contributed by atoms with Gasteiger partial charge in [0.15, 0.2) is 5.78 Å². The summed E-state index contributed by atoms with van der Waals surface area (Å²) < 4.78 is 52.6. The van der Waals surface area contributed by atoms with Gasteiger partial charge in [0.25, 0.3) is 0 Å². The number of carbonyl (C=O) groups is 1. The highest BCUT2D eigenvalue weighted by molar-refractivity contribution is 6.08. The molecule has 0 bridgehead atoms.